The minimum absolute atomic E-state index is 0.0286. The third-order valence-electron chi connectivity index (χ3n) is 5.93. The van der Waals surface area contributed by atoms with Gasteiger partial charge in [0, 0.05) is 19.6 Å². The standard InChI is InChI=1S/C18H23ClN2O/c1-21-9-14-15(10-21)18(14,8-12-6-7-12)11-20-17(22)13-4-2-3-5-16(13)19/h2-5,12,14-15H,6-11H2,1H3,(H,20,22). The number of rotatable bonds is 5. The first-order valence-corrected chi connectivity index (χ1v) is 8.69. The molecule has 1 aromatic carbocycles. The average molecular weight is 319 g/mol. The van der Waals surface area contributed by atoms with Crippen LogP contribution in [0.5, 0.6) is 0 Å². The number of fused-ring (bicyclic) bond motifs is 1. The summed E-state index contributed by atoms with van der Waals surface area (Å²) >= 11 is 6.13. The van der Waals surface area contributed by atoms with E-state index in [0.29, 0.717) is 16.0 Å². The molecule has 118 valence electrons. The summed E-state index contributed by atoms with van der Waals surface area (Å²) in [6.07, 6.45) is 4.07. The summed E-state index contributed by atoms with van der Waals surface area (Å²) in [5.74, 6) is 2.45. The predicted molar refractivity (Wildman–Crippen MR) is 88.0 cm³/mol. The number of nitrogens with zero attached hydrogens (tertiary/aromatic N) is 1. The third kappa shape index (κ3) is 2.44. The first kappa shape index (κ1) is 14.5. The van der Waals surface area contributed by atoms with Gasteiger partial charge in [0.2, 0.25) is 0 Å². The fourth-order valence-electron chi connectivity index (χ4n) is 4.52. The van der Waals surface area contributed by atoms with Gasteiger partial charge in [-0.1, -0.05) is 36.6 Å². The SMILES string of the molecule is CN1CC2C(C1)C2(CNC(=O)c1ccccc1Cl)CC1CC1. The summed E-state index contributed by atoms with van der Waals surface area (Å²) in [5.41, 5.74) is 0.957. The topological polar surface area (TPSA) is 32.3 Å². The Bertz CT molecular complexity index is 587. The van der Waals surface area contributed by atoms with Gasteiger partial charge >= 0.3 is 0 Å². The highest BCUT2D eigenvalue weighted by atomic mass is 35.5. The Morgan fingerprint density at radius 1 is 1.32 bits per heavy atom. The van der Waals surface area contributed by atoms with E-state index < -0.39 is 0 Å². The second kappa shape index (κ2) is 5.24. The normalized spacial score (nSPS) is 33.5. The first-order valence-electron chi connectivity index (χ1n) is 8.31. The van der Waals surface area contributed by atoms with E-state index in [4.69, 9.17) is 11.6 Å². The monoisotopic (exact) mass is 318 g/mol. The molecule has 2 aliphatic carbocycles. The fraction of sp³-hybridized carbons (Fsp3) is 0.611. The van der Waals surface area contributed by atoms with Crippen molar-refractivity contribution in [1.82, 2.24) is 10.2 Å². The molecule has 4 rings (SSSR count). The summed E-state index contributed by atoms with van der Waals surface area (Å²) in [6.45, 7) is 3.20. The van der Waals surface area contributed by atoms with Crippen molar-refractivity contribution in [2.75, 3.05) is 26.7 Å². The van der Waals surface area contributed by atoms with Crippen LogP contribution in [0.4, 0.5) is 0 Å². The number of hydrogen-bond donors (Lipinski definition) is 1. The van der Waals surface area contributed by atoms with Crippen LogP contribution in [0.25, 0.3) is 0 Å². The van der Waals surface area contributed by atoms with Crippen molar-refractivity contribution in [2.45, 2.75) is 19.3 Å². The lowest BCUT2D eigenvalue weighted by Crippen LogP contribution is -2.36. The van der Waals surface area contributed by atoms with Crippen LogP contribution in [-0.4, -0.2) is 37.5 Å². The third-order valence-corrected chi connectivity index (χ3v) is 6.26. The number of hydrogen-bond acceptors (Lipinski definition) is 2. The summed E-state index contributed by atoms with van der Waals surface area (Å²) in [4.78, 5) is 14.8. The van der Waals surface area contributed by atoms with Gasteiger partial charge in [0.25, 0.3) is 5.91 Å². The molecule has 1 amide bonds. The van der Waals surface area contributed by atoms with Gasteiger partial charge in [-0.3, -0.25) is 4.79 Å². The zero-order valence-electron chi connectivity index (χ0n) is 13.0. The summed E-state index contributed by atoms with van der Waals surface area (Å²) in [6, 6.07) is 7.29. The molecule has 2 saturated carbocycles. The van der Waals surface area contributed by atoms with Gasteiger partial charge in [-0.15, -0.1) is 0 Å². The molecule has 2 unspecified atom stereocenters. The lowest BCUT2D eigenvalue weighted by Gasteiger charge is -2.25. The quantitative estimate of drug-likeness (QED) is 0.905. The van der Waals surface area contributed by atoms with Crippen LogP contribution in [0.15, 0.2) is 24.3 Å². The Morgan fingerprint density at radius 3 is 2.64 bits per heavy atom. The molecular formula is C18H23ClN2O. The Balaban J connectivity index is 1.43. The summed E-state index contributed by atoms with van der Waals surface area (Å²) in [7, 11) is 2.20. The zero-order chi connectivity index (χ0) is 15.3. The molecule has 1 saturated heterocycles. The Morgan fingerprint density at radius 2 is 2.00 bits per heavy atom. The van der Waals surface area contributed by atoms with Gasteiger partial charge in [0.1, 0.15) is 0 Å². The van der Waals surface area contributed by atoms with E-state index in [1.54, 1.807) is 12.1 Å². The van der Waals surface area contributed by atoms with Crippen molar-refractivity contribution < 1.29 is 4.79 Å². The number of halogens is 1. The molecule has 1 N–H and O–H groups in total. The maximum Gasteiger partial charge on any atom is 0.252 e. The first-order chi connectivity index (χ1) is 10.6. The lowest BCUT2D eigenvalue weighted by molar-refractivity contribution is 0.0935. The van der Waals surface area contributed by atoms with Crippen molar-refractivity contribution in [3.63, 3.8) is 0 Å². The Hall–Kier alpha value is -1.06. The minimum atomic E-state index is -0.0286. The molecule has 0 spiro atoms. The molecule has 1 aromatic rings. The highest BCUT2D eigenvalue weighted by Gasteiger charge is 2.67. The molecule has 1 heterocycles. The zero-order valence-corrected chi connectivity index (χ0v) is 13.8. The molecular weight excluding hydrogens is 296 g/mol. The number of benzene rings is 1. The number of likely N-dealkylation sites (tertiary alicyclic amines) is 1. The van der Waals surface area contributed by atoms with Crippen LogP contribution in [0, 0.1) is 23.2 Å². The number of nitrogens with one attached hydrogen (secondary N) is 1. The molecule has 4 heteroatoms. The van der Waals surface area contributed by atoms with Crippen molar-refractivity contribution in [3.8, 4) is 0 Å². The van der Waals surface area contributed by atoms with Crippen LogP contribution >= 0.6 is 11.6 Å². The van der Waals surface area contributed by atoms with E-state index in [0.717, 1.165) is 24.3 Å². The van der Waals surface area contributed by atoms with Crippen LogP contribution in [0.3, 0.4) is 0 Å². The van der Waals surface area contributed by atoms with E-state index in [1.165, 1.54) is 32.4 Å². The van der Waals surface area contributed by atoms with Crippen LogP contribution in [0.2, 0.25) is 5.02 Å². The highest BCUT2D eigenvalue weighted by Crippen LogP contribution is 2.66. The number of amides is 1. The van der Waals surface area contributed by atoms with Gasteiger partial charge in [0.15, 0.2) is 0 Å². The summed E-state index contributed by atoms with van der Waals surface area (Å²) < 4.78 is 0. The van der Waals surface area contributed by atoms with E-state index in [1.807, 2.05) is 12.1 Å². The van der Waals surface area contributed by atoms with Gasteiger partial charge in [-0.2, -0.15) is 0 Å². The fourth-order valence-corrected chi connectivity index (χ4v) is 4.74. The molecule has 0 aromatic heterocycles. The van der Waals surface area contributed by atoms with Gasteiger partial charge in [-0.05, 0) is 48.8 Å². The molecule has 22 heavy (non-hydrogen) atoms. The van der Waals surface area contributed by atoms with Gasteiger partial charge in [0.05, 0.1) is 10.6 Å². The van der Waals surface area contributed by atoms with Crippen molar-refractivity contribution >= 4 is 17.5 Å². The molecule has 2 atom stereocenters. The van der Waals surface area contributed by atoms with E-state index in [9.17, 15) is 4.79 Å². The van der Waals surface area contributed by atoms with E-state index >= 15 is 0 Å². The molecule has 3 aliphatic rings. The summed E-state index contributed by atoms with van der Waals surface area (Å²) in [5, 5.41) is 3.71. The molecule has 0 bridgehead atoms. The molecule has 0 radical (unpaired) electrons. The number of carbonyl (C=O) groups is 1. The smallest absolute Gasteiger partial charge is 0.252 e. The average Bonchev–Trinajstić information content (AvgIpc) is 3.37. The van der Waals surface area contributed by atoms with E-state index in [2.05, 4.69) is 17.3 Å². The van der Waals surface area contributed by atoms with Crippen LogP contribution < -0.4 is 5.32 Å². The largest absolute Gasteiger partial charge is 0.351 e. The highest BCUT2D eigenvalue weighted by molar-refractivity contribution is 6.33. The second-order valence-corrected chi connectivity index (χ2v) is 7.88. The lowest BCUT2D eigenvalue weighted by atomic mass is 9.92. The molecule has 3 fully saturated rings. The van der Waals surface area contributed by atoms with Gasteiger partial charge in [-0.25, -0.2) is 0 Å². The molecule has 3 nitrogen and oxygen atoms in total. The number of carbonyl (C=O) groups excluding carboxylic acids is 1. The van der Waals surface area contributed by atoms with Gasteiger partial charge < -0.3 is 10.2 Å². The van der Waals surface area contributed by atoms with Crippen molar-refractivity contribution in [2.24, 2.45) is 23.2 Å². The van der Waals surface area contributed by atoms with Crippen LogP contribution in [0.1, 0.15) is 29.6 Å². The molecule has 1 aliphatic heterocycles. The Kier molecular flexibility index (Phi) is 3.46. The van der Waals surface area contributed by atoms with Crippen LogP contribution in [-0.2, 0) is 0 Å². The van der Waals surface area contributed by atoms with Crippen molar-refractivity contribution in [1.29, 1.82) is 0 Å². The predicted octanol–water partition coefficient (Wildman–Crippen LogP) is 3.05. The maximum absolute atomic E-state index is 12.4. The van der Waals surface area contributed by atoms with E-state index in [-0.39, 0.29) is 5.91 Å². The maximum atomic E-state index is 12.4. The number of piperidine rings is 1. The van der Waals surface area contributed by atoms with Crippen molar-refractivity contribution in [3.05, 3.63) is 34.9 Å². The minimum Gasteiger partial charge on any atom is -0.351 e. The second-order valence-electron chi connectivity index (χ2n) is 7.48. The Labute approximate surface area is 137 Å².